The van der Waals surface area contributed by atoms with Crippen molar-refractivity contribution in [3.8, 4) is 0 Å². The molecular formula is C11H14O2. The van der Waals surface area contributed by atoms with Gasteiger partial charge in [-0.2, -0.15) is 0 Å². The molecule has 1 fully saturated rings. The van der Waals surface area contributed by atoms with Crippen LogP contribution in [-0.4, -0.2) is 19.8 Å². The molecule has 70 valence electrons. The van der Waals surface area contributed by atoms with E-state index >= 15 is 0 Å². The zero-order valence-corrected chi connectivity index (χ0v) is 7.82. The summed E-state index contributed by atoms with van der Waals surface area (Å²) in [5, 5.41) is 0. The van der Waals surface area contributed by atoms with Gasteiger partial charge in [0.2, 0.25) is 0 Å². The maximum absolute atomic E-state index is 5.57. The third-order valence-corrected chi connectivity index (χ3v) is 2.45. The van der Waals surface area contributed by atoms with Gasteiger partial charge in [-0.3, -0.25) is 0 Å². The summed E-state index contributed by atoms with van der Waals surface area (Å²) in [6.45, 7) is 0.759. The van der Waals surface area contributed by atoms with Gasteiger partial charge in [-0.25, -0.2) is 0 Å². The summed E-state index contributed by atoms with van der Waals surface area (Å²) in [4.78, 5) is 0. The largest absolute Gasteiger partial charge is 0.497 e. The second kappa shape index (κ2) is 3.79. The molecule has 0 aromatic carbocycles. The van der Waals surface area contributed by atoms with Crippen LogP contribution in [0.1, 0.15) is 12.8 Å². The Morgan fingerprint density at radius 3 is 3.08 bits per heavy atom. The number of rotatable bonds is 1. The van der Waals surface area contributed by atoms with Gasteiger partial charge < -0.3 is 9.47 Å². The maximum atomic E-state index is 5.57. The average molecular weight is 178 g/mol. The number of methoxy groups -OCH3 is 1. The van der Waals surface area contributed by atoms with Crippen LogP contribution in [0.2, 0.25) is 0 Å². The number of hydrogen-bond donors (Lipinski definition) is 0. The first-order chi connectivity index (χ1) is 6.40. The van der Waals surface area contributed by atoms with Gasteiger partial charge in [0.15, 0.2) is 0 Å². The fourth-order valence-corrected chi connectivity index (χ4v) is 1.73. The first-order valence-corrected chi connectivity index (χ1v) is 4.62. The van der Waals surface area contributed by atoms with Gasteiger partial charge in [0.25, 0.3) is 0 Å². The lowest BCUT2D eigenvalue weighted by molar-refractivity contribution is 0.107. The standard InChI is InChI=1S/C11H14O2/c1-12-11-6-7-13-10-5-3-2-4-9(11)8-10/h2-5,11H,6-8H2,1H3. The van der Waals surface area contributed by atoms with Crippen LogP contribution in [0.5, 0.6) is 0 Å². The first-order valence-electron chi connectivity index (χ1n) is 4.62. The molecule has 13 heavy (non-hydrogen) atoms. The quantitative estimate of drug-likeness (QED) is 0.612. The number of allylic oxidation sites excluding steroid dienone is 5. The highest BCUT2D eigenvalue weighted by molar-refractivity contribution is 5.29. The molecule has 1 saturated heterocycles. The minimum atomic E-state index is 0.230. The second-order valence-corrected chi connectivity index (χ2v) is 3.30. The Morgan fingerprint density at radius 2 is 2.23 bits per heavy atom. The predicted molar refractivity (Wildman–Crippen MR) is 51.3 cm³/mol. The highest BCUT2D eigenvalue weighted by Gasteiger charge is 2.19. The van der Waals surface area contributed by atoms with Gasteiger partial charge in [0.05, 0.1) is 12.7 Å². The van der Waals surface area contributed by atoms with Crippen molar-refractivity contribution >= 4 is 0 Å². The first kappa shape index (κ1) is 8.57. The van der Waals surface area contributed by atoms with E-state index in [1.807, 2.05) is 18.2 Å². The van der Waals surface area contributed by atoms with E-state index in [1.165, 1.54) is 5.57 Å². The Bertz CT molecular complexity index is 274. The van der Waals surface area contributed by atoms with E-state index in [0.717, 1.165) is 25.2 Å². The van der Waals surface area contributed by atoms with Crippen LogP contribution in [0.15, 0.2) is 35.6 Å². The third kappa shape index (κ3) is 1.83. The molecule has 2 aliphatic rings. The van der Waals surface area contributed by atoms with Crippen LogP contribution in [0.3, 0.4) is 0 Å². The minimum absolute atomic E-state index is 0.230. The van der Waals surface area contributed by atoms with Crippen molar-refractivity contribution < 1.29 is 9.47 Å². The molecule has 0 aromatic rings. The van der Waals surface area contributed by atoms with Crippen LogP contribution in [-0.2, 0) is 9.47 Å². The van der Waals surface area contributed by atoms with Crippen molar-refractivity contribution in [2.24, 2.45) is 0 Å². The lowest BCUT2D eigenvalue weighted by Crippen LogP contribution is -2.13. The maximum Gasteiger partial charge on any atom is 0.100 e. The summed E-state index contributed by atoms with van der Waals surface area (Å²) in [6.07, 6.45) is 10.3. The Morgan fingerprint density at radius 1 is 1.38 bits per heavy atom. The fraction of sp³-hybridized carbons (Fsp3) is 0.455. The van der Waals surface area contributed by atoms with Gasteiger partial charge >= 0.3 is 0 Å². The van der Waals surface area contributed by atoms with E-state index in [4.69, 9.17) is 9.47 Å². The van der Waals surface area contributed by atoms with Gasteiger partial charge in [-0.05, 0) is 11.6 Å². The van der Waals surface area contributed by atoms with Gasteiger partial charge in [-0.1, -0.05) is 18.2 Å². The molecule has 1 unspecified atom stereocenters. The summed E-state index contributed by atoms with van der Waals surface area (Å²) in [6, 6.07) is 0. The van der Waals surface area contributed by atoms with E-state index in [-0.39, 0.29) is 6.10 Å². The molecule has 0 N–H and O–H groups in total. The van der Waals surface area contributed by atoms with E-state index in [0.29, 0.717) is 0 Å². The number of ether oxygens (including phenoxy) is 2. The molecule has 0 amide bonds. The SMILES string of the molecule is COC1CCOC2=CC=CC=C1C2. The Kier molecular flexibility index (Phi) is 2.50. The van der Waals surface area contributed by atoms with E-state index in [1.54, 1.807) is 7.11 Å². The van der Waals surface area contributed by atoms with Crippen molar-refractivity contribution in [1.29, 1.82) is 0 Å². The molecule has 1 aliphatic heterocycles. The van der Waals surface area contributed by atoms with E-state index < -0.39 is 0 Å². The lowest BCUT2D eigenvalue weighted by atomic mass is 10.0. The van der Waals surface area contributed by atoms with Gasteiger partial charge in [-0.15, -0.1) is 0 Å². The number of hydrogen-bond acceptors (Lipinski definition) is 2. The Hall–Kier alpha value is -1.02. The summed E-state index contributed by atoms with van der Waals surface area (Å²) >= 11 is 0. The van der Waals surface area contributed by atoms with Crippen LogP contribution in [0.25, 0.3) is 0 Å². The van der Waals surface area contributed by atoms with Crippen LogP contribution in [0, 0.1) is 0 Å². The van der Waals surface area contributed by atoms with E-state index in [2.05, 4.69) is 6.08 Å². The highest BCUT2D eigenvalue weighted by Crippen LogP contribution is 2.25. The van der Waals surface area contributed by atoms with Crippen molar-refractivity contribution in [3.05, 3.63) is 35.6 Å². The molecule has 2 rings (SSSR count). The Balaban J connectivity index is 2.26. The predicted octanol–water partition coefficient (Wildman–Crippen LogP) is 2.19. The summed E-state index contributed by atoms with van der Waals surface area (Å²) in [5.41, 5.74) is 1.32. The van der Waals surface area contributed by atoms with Crippen LogP contribution < -0.4 is 0 Å². The minimum Gasteiger partial charge on any atom is -0.497 e. The molecular weight excluding hydrogens is 164 g/mol. The molecule has 0 saturated carbocycles. The van der Waals surface area contributed by atoms with Crippen molar-refractivity contribution in [2.75, 3.05) is 13.7 Å². The topological polar surface area (TPSA) is 18.5 Å². The molecule has 0 radical (unpaired) electrons. The van der Waals surface area contributed by atoms with Crippen LogP contribution in [0.4, 0.5) is 0 Å². The summed E-state index contributed by atoms with van der Waals surface area (Å²) in [7, 11) is 1.76. The lowest BCUT2D eigenvalue weighted by Gasteiger charge is -2.13. The molecule has 2 bridgehead atoms. The zero-order valence-electron chi connectivity index (χ0n) is 7.82. The number of fused-ring (bicyclic) bond motifs is 2. The smallest absolute Gasteiger partial charge is 0.100 e. The van der Waals surface area contributed by atoms with Crippen LogP contribution >= 0.6 is 0 Å². The molecule has 2 heteroatoms. The average Bonchev–Trinajstić information content (AvgIpc) is 2.49. The molecule has 1 aliphatic carbocycles. The molecule has 1 heterocycles. The second-order valence-electron chi connectivity index (χ2n) is 3.30. The van der Waals surface area contributed by atoms with Crippen molar-refractivity contribution in [3.63, 3.8) is 0 Å². The molecule has 0 spiro atoms. The van der Waals surface area contributed by atoms with Crippen molar-refractivity contribution in [2.45, 2.75) is 18.9 Å². The molecule has 2 nitrogen and oxygen atoms in total. The summed E-state index contributed by atoms with van der Waals surface area (Å²) in [5.74, 6) is 1.06. The van der Waals surface area contributed by atoms with E-state index in [9.17, 15) is 0 Å². The monoisotopic (exact) mass is 178 g/mol. The zero-order chi connectivity index (χ0) is 9.10. The summed E-state index contributed by atoms with van der Waals surface area (Å²) < 4.78 is 11.0. The third-order valence-electron chi connectivity index (χ3n) is 2.45. The van der Waals surface area contributed by atoms with Crippen molar-refractivity contribution in [1.82, 2.24) is 0 Å². The highest BCUT2D eigenvalue weighted by atomic mass is 16.5. The molecule has 1 atom stereocenters. The normalized spacial score (nSPS) is 26.7. The molecule has 0 aromatic heterocycles. The van der Waals surface area contributed by atoms with Gasteiger partial charge in [0, 0.05) is 20.0 Å². The fourth-order valence-electron chi connectivity index (χ4n) is 1.73. The van der Waals surface area contributed by atoms with Gasteiger partial charge in [0.1, 0.15) is 5.76 Å². The Labute approximate surface area is 78.5 Å².